The highest BCUT2D eigenvalue weighted by molar-refractivity contribution is 5.79. The number of carbonyl (C=O) groups is 2. The molecule has 0 N–H and O–H groups in total. The Labute approximate surface area is 374 Å². The molecule has 0 saturated heterocycles. The van der Waals surface area contributed by atoms with Crippen molar-refractivity contribution in [3.05, 3.63) is 59.7 Å². The van der Waals surface area contributed by atoms with Crippen LogP contribution in [0.4, 0.5) is 4.79 Å². The van der Waals surface area contributed by atoms with Gasteiger partial charge in [0, 0.05) is 25.9 Å². The van der Waals surface area contributed by atoms with E-state index in [1.165, 1.54) is 27.2 Å². The summed E-state index contributed by atoms with van der Waals surface area (Å²) in [6.45, 7) is 14.0. The van der Waals surface area contributed by atoms with Gasteiger partial charge in [-0.2, -0.15) is 0 Å². The van der Waals surface area contributed by atoms with Crippen LogP contribution in [0.2, 0.25) is 0 Å². The van der Waals surface area contributed by atoms with E-state index in [4.69, 9.17) is 66.3 Å². The number of esters is 1. The Morgan fingerprint density at radius 1 is 0.429 bits per heavy atom. The van der Waals surface area contributed by atoms with Gasteiger partial charge in [-0.05, 0) is 28.7 Å². The molecule has 0 bridgehead atoms. The zero-order valence-electron chi connectivity index (χ0n) is 37.7. The van der Waals surface area contributed by atoms with Crippen LogP contribution in [-0.4, -0.2) is 202 Å². The second kappa shape index (κ2) is 38.0. The Hall–Kier alpha value is -3.30. The number of ether oxygens (including phenoxy) is 14. The smallest absolute Gasteiger partial charge is 0.409 e. The standard InChI is InChI=1S/C46H73NO16/c1-3-8-45(48)62-38-37-61-36-35-60-34-33-59-32-31-58-30-29-57-28-27-56-26-25-55-24-23-54-22-21-53-20-19-52-18-17-51-16-15-50-14-13-47(2)46(49)63-39-44-42-11-6-4-9-40(42)41-10-5-7-12-43(41)44/h4-7,9-12,44H,3,8,13-39H2,1-2H3. The Morgan fingerprint density at radius 3 is 1.06 bits per heavy atom. The normalized spacial score (nSPS) is 12.1. The molecule has 0 heterocycles. The molecule has 0 aliphatic heterocycles. The quantitative estimate of drug-likeness (QED) is 0.0678. The van der Waals surface area contributed by atoms with Crippen molar-refractivity contribution in [3.8, 4) is 11.1 Å². The summed E-state index contributed by atoms with van der Waals surface area (Å²) < 4.78 is 76.7. The monoisotopic (exact) mass is 895 g/mol. The average Bonchev–Trinajstić information content (AvgIpc) is 3.62. The average molecular weight is 896 g/mol. The van der Waals surface area contributed by atoms with Crippen molar-refractivity contribution in [2.24, 2.45) is 0 Å². The highest BCUT2D eigenvalue weighted by atomic mass is 16.6. The first-order chi connectivity index (χ1) is 31.1. The number of hydrogen-bond acceptors (Lipinski definition) is 16. The molecule has 1 amide bonds. The van der Waals surface area contributed by atoms with Crippen molar-refractivity contribution in [3.63, 3.8) is 0 Å². The molecule has 0 aromatic heterocycles. The maximum absolute atomic E-state index is 12.6. The van der Waals surface area contributed by atoms with Gasteiger partial charge in [-0.1, -0.05) is 55.5 Å². The fourth-order valence-electron chi connectivity index (χ4n) is 6.01. The van der Waals surface area contributed by atoms with Gasteiger partial charge in [0.25, 0.3) is 0 Å². The summed E-state index contributed by atoms with van der Waals surface area (Å²) in [5.74, 6) is -0.160. The number of rotatable bonds is 43. The van der Waals surface area contributed by atoms with Crippen LogP contribution in [0.3, 0.4) is 0 Å². The maximum Gasteiger partial charge on any atom is 0.409 e. The lowest BCUT2D eigenvalue weighted by atomic mass is 9.98. The molecule has 63 heavy (non-hydrogen) atoms. The third kappa shape index (κ3) is 26.3. The maximum atomic E-state index is 12.6. The van der Waals surface area contributed by atoms with E-state index in [-0.39, 0.29) is 24.6 Å². The summed E-state index contributed by atoms with van der Waals surface area (Å²) in [4.78, 5) is 25.4. The van der Waals surface area contributed by atoms with Crippen molar-refractivity contribution in [2.45, 2.75) is 25.7 Å². The Balaban J connectivity index is 0.931. The SMILES string of the molecule is CCCC(=O)OCCOCCOCCOCCOCCOCCOCCOCCOCCOCCOCCOCCOCCN(C)C(=O)OCC1c2ccccc2-c2ccccc21. The molecule has 0 radical (unpaired) electrons. The molecule has 2 aromatic carbocycles. The highest BCUT2D eigenvalue weighted by Gasteiger charge is 2.29. The lowest BCUT2D eigenvalue weighted by Gasteiger charge is -2.19. The molecule has 0 fully saturated rings. The van der Waals surface area contributed by atoms with E-state index in [1.807, 2.05) is 31.2 Å². The molecule has 17 heteroatoms. The van der Waals surface area contributed by atoms with E-state index in [9.17, 15) is 9.59 Å². The van der Waals surface area contributed by atoms with Gasteiger partial charge in [-0.15, -0.1) is 0 Å². The second-order valence-corrected chi connectivity index (χ2v) is 14.0. The molecule has 1 aliphatic carbocycles. The first-order valence-corrected chi connectivity index (χ1v) is 22.3. The van der Waals surface area contributed by atoms with E-state index in [2.05, 4.69) is 24.3 Å². The lowest BCUT2D eigenvalue weighted by Crippen LogP contribution is -2.32. The summed E-state index contributed by atoms with van der Waals surface area (Å²) in [7, 11) is 1.71. The van der Waals surface area contributed by atoms with Crippen molar-refractivity contribution < 1.29 is 75.9 Å². The van der Waals surface area contributed by atoms with Crippen LogP contribution in [0.5, 0.6) is 0 Å². The first kappa shape index (κ1) is 54.0. The van der Waals surface area contributed by atoms with Crippen molar-refractivity contribution in [1.82, 2.24) is 4.90 Å². The van der Waals surface area contributed by atoms with Gasteiger partial charge in [-0.25, -0.2) is 4.79 Å². The van der Waals surface area contributed by atoms with Crippen molar-refractivity contribution in [2.75, 3.05) is 185 Å². The zero-order valence-corrected chi connectivity index (χ0v) is 37.7. The molecular weight excluding hydrogens is 822 g/mol. The molecular formula is C46H73NO16. The summed E-state index contributed by atoms with van der Waals surface area (Å²) in [5.41, 5.74) is 4.78. The topological polar surface area (TPSA) is 167 Å². The van der Waals surface area contributed by atoms with Crippen LogP contribution in [0.1, 0.15) is 36.8 Å². The molecule has 3 rings (SSSR count). The molecule has 1 aliphatic rings. The fourth-order valence-corrected chi connectivity index (χ4v) is 6.01. The number of nitrogens with zero attached hydrogens (tertiary/aromatic N) is 1. The van der Waals surface area contributed by atoms with E-state index >= 15 is 0 Å². The Kier molecular flexibility index (Phi) is 32.6. The number of carbonyl (C=O) groups excluding carboxylic acids is 2. The van der Waals surface area contributed by atoms with Crippen LogP contribution in [-0.2, 0) is 71.1 Å². The van der Waals surface area contributed by atoms with Gasteiger partial charge in [0.15, 0.2) is 0 Å². The number of fused-ring (bicyclic) bond motifs is 3. The minimum atomic E-state index is -0.368. The highest BCUT2D eigenvalue weighted by Crippen LogP contribution is 2.44. The van der Waals surface area contributed by atoms with Crippen LogP contribution in [0.15, 0.2) is 48.5 Å². The van der Waals surface area contributed by atoms with E-state index < -0.39 is 0 Å². The molecule has 0 unspecified atom stereocenters. The Morgan fingerprint density at radius 2 is 0.730 bits per heavy atom. The minimum Gasteiger partial charge on any atom is -0.463 e. The second-order valence-electron chi connectivity index (χ2n) is 14.0. The van der Waals surface area contributed by atoms with Gasteiger partial charge < -0.3 is 71.2 Å². The van der Waals surface area contributed by atoms with Gasteiger partial charge >= 0.3 is 12.1 Å². The third-order valence-corrected chi connectivity index (χ3v) is 9.26. The van der Waals surface area contributed by atoms with E-state index in [0.29, 0.717) is 178 Å². The largest absolute Gasteiger partial charge is 0.463 e. The van der Waals surface area contributed by atoms with Crippen LogP contribution < -0.4 is 0 Å². The number of benzene rings is 2. The number of hydrogen-bond donors (Lipinski definition) is 0. The number of amides is 1. The van der Waals surface area contributed by atoms with Gasteiger partial charge in [0.1, 0.15) is 13.2 Å². The number of likely N-dealkylation sites (N-methyl/N-ethyl adjacent to an activating group) is 1. The van der Waals surface area contributed by atoms with Crippen molar-refractivity contribution in [1.29, 1.82) is 0 Å². The van der Waals surface area contributed by atoms with Gasteiger partial charge in [0.2, 0.25) is 0 Å². The van der Waals surface area contributed by atoms with Crippen molar-refractivity contribution >= 4 is 12.1 Å². The molecule has 358 valence electrons. The summed E-state index contributed by atoms with van der Waals surface area (Å²) >= 11 is 0. The predicted molar refractivity (Wildman–Crippen MR) is 233 cm³/mol. The van der Waals surface area contributed by atoms with Gasteiger partial charge in [0.05, 0.1) is 159 Å². The molecule has 0 spiro atoms. The zero-order chi connectivity index (χ0) is 44.7. The summed E-state index contributed by atoms with van der Waals surface area (Å²) in [5, 5.41) is 0. The molecule has 17 nitrogen and oxygen atoms in total. The summed E-state index contributed by atoms with van der Waals surface area (Å²) in [6, 6.07) is 16.6. The van der Waals surface area contributed by atoms with E-state index in [1.54, 1.807) is 7.05 Å². The lowest BCUT2D eigenvalue weighted by molar-refractivity contribution is -0.145. The fraction of sp³-hybridized carbons (Fsp3) is 0.696. The first-order valence-electron chi connectivity index (χ1n) is 22.3. The third-order valence-electron chi connectivity index (χ3n) is 9.26. The molecule has 0 atom stereocenters. The van der Waals surface area contributed by atoms with Gasteiger partial charge in [-0.3, -0.25) is 4.79 Å². The van der Waals surface area contributed by atoms with E-state index in [0.717, 1.165) is 6.42 Å². The minimum absolute atomic E-state index is 0.0334. The van der Waals surface area contributed by atoms with Crippen LogP contribution in [0.25, 0.3) is 11.1 Å². The molecule has 2 aromatic rings. The molecule has 0 saturated carbocycles. The van der Waals surface area contributed by atoms with Crippen LogP contribution >= 0.6 is 0 Å². The van der Waals surface area contributed by atoms with Crippen LogP contribution in [0, 0.1) is 0 Å². The predicted octanol–water partition coefficient (Wildman–Crippen LogP) is 4.41. The summed E-state index contributed by atoms with van der Waals surface area (Å²) in [6.07, 6.45) is 0.847. The Bertz CT molecular complexity index is 1370.